The van der Waals surface area contributed by atoms with Crippen LogP contribution in [0.15, 0.2) is 18.2 Å². The Morgan fingerprint density at radius 3 is 2.47 bits per heavy atom. The van der Waals surface area contributed by atoms with Gasteiger partial charge in [-0.1, -0.05) is 0 Å². The molecule has 0 unspecified atom stereocenters. The number of alkyl halides is 2. The number of halogens is 3. The number of rotatable bonds is 2. The summed E-state index contributed by atoms with van der Waals surface area (Å²) in [6.07, 6.45) is 0.511. The maximum atomic E-state index is 13.3. The van der Waals surface area contributed by atoms with Gasteiger partial charge in [-0.25, -0.2) is 13.2 Å². The van der Waals surface area contributed by atoms with E-state index in [1.807, 2.05) is 0 Å². The summed E-state index contributed by atoms with van der Waals surface area (Å²) in [6, 6.07) is 3.79. The first kappa shape index (κ1) is 10.0. The van der Waals surface area contributed by atoms with E-state index in [9.17, 15) is 18.0 Å². The number of anilines is 1. The van der Waals surface area contributed by atoms with Crippen LogP contribution in [0.3, 0.4) is 0 Å². The van der Waals surface area contributed by atoms with Gasteiger partial charge in [0, 0.05) is 5.56 Å². The minimum Gasteiger partial charge on any atom is -0.357 e. The molecule has 0 saturated carbocycles. The van der Waals surface area contributed by atoms with Crippen molar-refractivity contribution >= 4 is 12.0 Å². The van der Waals surface area contributed by atoms with Crippen LogP contribution in [0.5, 0.6) is 0 Å². The topological polar surface area (TPSA) is 20.3 Å². The fourth-order valence-electron chi connectivity index (χ4n) is 1.54. The van der Waals surface area contributed by atoms with Crippen LogP contribution < -0.4 is 4.90 Å². The first-order valence-electron chi connectivity index (χ1n) is 4.39. The molecule has 0 aromatic heterocycles. The lowest BCUT2D eigenvalue weighted by Gasteiger charge is -2.40. The van der Waals surface area contributed by atoms with Crippen LogP contribution in [-0.2, 0) is 0 Å². The van der Waals surface area contributed by atoms with Gasteiger partial charge in [0.05, 0.1) is 18.8 Å². The number of nitrogens with zero attached hydrogens (tertiary/aromatic N) is 1. The molecule has 1 aromatic carbocycles. The highest BCUT2D eigenvalue weighted by Gasteiger charge is 2.44. The van der Waals surface area contributed by atoms with Crippen molar-refractivity contribution in [2.24, 2.45) is 0 Å². The molecule has 1 aliphatic heterocycles. The molecule has 5 heteroatoms. The van der Waals surface area contributed by atoms with Gasteiger partial charge in [-0.15, -0.1) is 0 Å². The van der Waals surface area contributed by atoms with E-state index in [4.69, 9.17) is 0 Å². The van der Waals surface area contributed by atoms with Gasteiger partial charge in [-0.3, -0.25) is 4.79 Å². The molecule has 1 aliphatic rings. The zero-order chi connectivity index (χ0) is 11.1. The molecule has 0 aliphatic carbocycles. The lowest BCUT2D eigenvalue weighted by Crippen LogP contribution is -2.56. The number of benzene rings is 1. The van der Waals surface area contributed by atoms with Crippen molar-refractivity contribution in [3.05, 3.63) is 29.6 Å². The Balaban J connectivity index is 2.20. The van der Waals surface area contributed by atoms with Crippen LogP contribution in [0.1, 0.15) is 10.4 Å². The van der Waals surface area contributed by atoms with Crippen LogP contribution in [0.2, 0.25) is 0 Å². The normalized spacial score (nSPS) is 18.5. The van der Waals surface area contributed by atoms with Crippen molar-refractivity contribution in [1.82, 2.24) is 0 Å². The molecule has 0 bridgehead atoms. The summed E-state index contributed by atoms with van der Waals surface area (Å²) < 4.78 is 38.4. The molecule has 0 atom stereocenters. The molecule has 1 saturated heterocycles. The molecule has 80 valence electrons. The lowest BCUT2D eigenvalue weighted by molar-refractivity contribution is -0.0265. The fourth-order valence-corrected chi connectivity index (χ4v) is 1.54. The number of hydrogen-bond donors (Lipinski definition) is 0. The van der Waals surface area contributed by atoms with Gasteiger partial charge in [0.15, 0.2) is 0 Å². The number of aldehydes is 1. The van der Waals surface area contributed by atoms with E-state index in [0.29, 0.717) is 6.29 Å². The lowest BCUT2D eigenvalue weighted by atomic mass is 10.1. The van der Waals surface area contributed by atoms with Gasteiger partial charge in [0.2, 0.25) is 0 Å². The summed E-state index contributed by atoms with van der Waals surface area (Å²) in [4.78, 5) is 11.6. The van der Waals surface area contributed by atoms with Crippen molar-refractivity contribution in [2.75, 3.05) is 18.0 Å². The summed E-state index contributed by atoms with van der Waals surface area (Å²) >= 11 is 0. The zero-order valence-corrected chi connectivity index (χ0v) is 7.71. The summed E-state index contributed by atoms with van der Waals surface area (Å²) in [5, 5.41) is 0. The second kappa shape index (κ2) is 3.25. The zero-order valence-electron chi connectivity index (χ0n) is 7.71. The van der Waals surface area contributed by atoms with Crippen molar-refractivity contribution in [2.45, 2.75) is 5.92 Å². The SMILES string of the molecule is O=Cc1ccc(N2CC(F)(F)C2)c(F)c1. The molecule has 1 heterocycles. The van der Waals surface area contributed by atoms with Crippen LogP contribution in [0.25, 0.3) is 0 Å². The van der Waals surface area contributed by atoms with Crippen molar-refractivity contribution < 1.29 is 18.0 Å². The maximum absolute atomic E-state index is 13.3. The van der Waals surface area contributed by atoms with Gasteiger partial charge < -0.3 is 4.90 Å². The molecular formula is C10H8F3NO. The van der Waals surface area contributed by atoms with Gasteiger partial charge in [-0.05, 0) is 18.2 Å². The Bertz CT molecular complexity index is 398. The Morgan fingerprint density at radius 2 is 2.00 bits per heavy atom. The van der Waals surface area contributed by atoms with E-state index < -0.39 is 24.8 Å². The van der Waals surface area contributed by atoms with Crippen LogP contribution in [-0.4, -0.2) is 25.3 Å². The standard InChI is InChI=1S/C10H8F3NO/c11-8-3-7(4-15)1-2-9(8)14-5-10(12,13)6-14/h1-4H,5-6H2. The molecule has 1 fully saturated rings. The first-order valence-corrected chi connectivity index (χ1v) is 4.39. The van der Waals surface area contributed by atoms with Crippen molar-refractivity contribution in [1.29, 1.82) is 0 Å². The molecule has 2 nitrogen and oxygen atoms in total. The van der Waals surface area contributed by atoms with Gasteiger partial charge in [0.25, 0.3) is 5.92 Å². The molecule has 1 aromatic rings. The van der Waals surface area contributed by atoms with E-state index in [2.05, 4.69) is 0 Å². The summed E-state index contributed by atoms with van der Waals surface area (Å²) in [5.41, 5.74) is 0.315. The fraction of sp³-hybridized carbons (Fsp3) is 0.300. The quantitative estimate of drug-likeness (QED) is 0.704. The number of carbonyl (C=O) groups excluding carboxylic acids is 1. The molecule has 0 amide bonds. The average Bonchev–Trinajstić information content (AvgIpc) is 2.14. The molecule has 2 rings (SSSR count). The Morgan fingerprint density at radius 1 is 1.33 bits per heavy atom. The Hall–Kier alpha value is -1.52. The average molecular weight is 215 g/mol. The maximum Gasteiger partial charge on any atom is 0.282 e. The second-order valence-corrected chi connectivity index (χ2v) is 3.54. The summed E-state index contributed by atoms with van der Waals surface area (Å²) in [7, 11) is 0. The highest BCUT2D eigenvalue weighted by Crippen LogP contribution is 2.33. The highest BCUT2D eigenvalue weighted by atomic mass is 19.3. The predicted octanol–water partition coefficient (Wildman–Crippen LogP) is 2.09. The highest BCUT2D eigenvalue weighted by molar-refractivity contribution is 5.76. The van der Waals surface area contributed by atoms with E-state index in [-0.39, 0.29) is 11.3 Å². The smallest absolute Gasteiger partial charge is 0.282 e. The Kier molecular flexibility index (Phi) is 2.17. The van der Waals surface area contributed by atoms with E-state index >= 15 is 0 Å². The largest absolute Gasteiger partial charge is 0.357 e. The molecule has 0 spiro atoms. The minimum atomic E-state index is -2.73. The van der Waals surface area contributed by atoms with Crippen molar-refractivity contribution in [3.63, 3.8) is 0 Å². The van der Waals surface area contributed by atoms with Crippen molar-refractivity contribution in [3.8, 4) is 0 Å². The van der Waals surface area contributed by atoms with E-state index in [1.54, 1.807) is 0 Å². The number of carbonyl (C=O) groups is 1. The molecule has 15 heavy (non-hydrogen) atoms. The third-order valence-corrected chi connectivity index (χ3v) is 2.29. The van der Waals surface area contributed by atoms with E-state index in [0.717, 1.165) is 6.07 Å². The third kappa shape index (κ3) is 1.82. The molecule has 0 N–H and O–H groups in total. The Labute approximate surface area is 84.3 Å². The monoisotopic (exact) mass is 215 g/mol. The minimum absolute atomic E-state index is 0.117. The van der Waals surface area contributed by atoms with Crippen LogP contribution in [0.4, 0.5) is 18.9 Å². The van der Waals surface area contributed by atoms with Gasteiger partial charge in [0.1, 0.15) is 12.1 Å². The molecular weight excluding hydrogens is 207 g/mol. The third-order valence-electron chi connectivity index (χ3n) is 2.29. The van der Waals surface area contributed by atoms with E-state index in [1.165, 1.54) is 17.0 Å². The first-order chi connectivity index (χ1) is 7.02. The molecule has 0 radical (unpaired) electrons. The number of hydrogen-bond acceptors (Lipinski definition) is 2. The van der Waals surface area contributed by atoms with Crippen LogP contribution in [0, 0.1) is 5.82 Å². The van der Waals surface area contributed by atoms with Crippen LogP contribution >= 0.6 is 0 Å². The predicted molar refractivity (Wildman–Crippen MR) is 48.9 cm³/mol. The van der Waals surface area contributed by atoms with Gasteiger partial charge >= 0.3 is 0 Å². The van der Waals surface area contributed by atoms with Gasteiger partial charge in [-0.2, -0.15) is 0 Å². The summed E-state index contributed by atoms with van der Waals surface area (Å²) in [6.45, 7) is -0.936. The second-order valence-electron chi connectivity index (χ2n) is 3.54. The summed E-state index contributed by atoms with van der Waals surface area (Å²) in [5.74, 6) is -3.37.